The zero-order valence-corrected chi connectivity index (χ0v) is 17.0. The zero-order valence-electron chi connectivity index (χ0n) is 16.1. The van der Waals surface area contributed by atoms with Crippen molar-refractivity contribution in [3.63, 3.8) is 0 Å². The van der Waals surface area contributed by atoms with Gasteiger partial charge in [-0.25, -0.2) is 23.4 Å². The topological polar surface area (TPSA) is 87.5 Å². The smallest absolute Gasteiger partial charge is 0.277 e. The molecule has 3 aromatic rings. The van der Waals surface area contributed by atoms with Crippen LogP contribution in [0.2, 0.25) is 0 Å². The zero-order chi connectivity index (χ0) is 19.9. The van der Waals surface area contributed by atoms with Gasteiger partial charge in [-0.05, 0) is 18.2 Å². The van der Waals surface area contributed by atoms with Crippen molar-refractivity contribution >= 4 is 32.4 Å². The first-order valence-corrected chi connectivity index (χ1v) is 10.5. The van der Waals surface area contributed by atoms with E-state index in [1.165, 1.54) is 15.1 Å². The molecule has 1 aliphatic rings. The lowest BCUT2D eigenvalue weighted by molar-refractivity contribution is 0.380. The number of imidazole rings is 1. The Morgan fingerprint density at radius 1 is 1.04 bits per heavy atom. The molecule has 0 atom stereocenters. The third-order valence-electron chi connectivity index (χ3n) is 4.97. The molecular weight excluding hydrogens is 378 g/mol. The summed E-state index contributed by atoms with van der Waals surface area (Å²) in [6, 6.07) is 6.08. The van der Waals surface area contributed by atoms with Gasteiger partial charge in [0.05, 0.1) is 5.52 Å². The first-order valence-electron chi connectivity index (χ1n) is 9.02. The summed E-state index contributed by atoms with van der Waals surface area (Å²) in [6.45, 7) is 2.05. The summed E-state index contributed by atoms with van der Waals surface area (Å²) in [6.07, 6.45) is 4.71. The van der Waals surface area contributed by atoms with E-state index in [0.29, 0.717) is 26.2 Å². The van der Waals surface area contributed by atoms with Crippen LogP contribution in [0.5, 0.6) is 0 Å². The Morgan fingerprint density at radius 2 is 1.79 bits per heavy atom. The Kier molecular flexibility index (Phi) is 4.68. The maximum atomic E-state index is 12.8. The van der Waals surface area contributed by atoms with E-state index in [1.54, 1.807) is 19.6 Å². The molecule has 4 rings (SSSR count). The van der Waals surface area contributed by atoms with Crippen molar-refractivity contribution in [1.29, 1.82) is 0 Å². The quantitative estimate of drug-likeness (QED) is 0.643. The Balaban J connectivity index is 1.56. The number of piperazine rings is 1. The van der Waals surface area contributed by atoms with Crippen molar-refractivity contribution in [3.8, 4) is 0 Å². The minimum Gasteiger partial charge on any atom is -0.369 e. The summed E-state index contributed by atoms with van der Waals surface area (Å²) in [5, 5.41) is 1.06. The molecule has 28 heavy (non-hydrogen) atoms. The number of anilines is 2. The van der Waals surface area contributed by atoms with Gasteiger partial charge in [-0.1, -0.05) is 0 Å². The Morgan fingerprint density at radius 3 is 2.43 bits per heavy atom. The maximum Gasteiger partial charge on any atom is 0.277 e. The fourth-order valence-electron chi connectivity index (χ4n) is 3.49. The van der Waals surface area contributed by atoms with E-state index in [1.807, 2.05) is 31.1 Å². The summed E-state index contributed by atoms with van der Waals surface area (Å²) in [7, 11) is 2.02. The largest absolute Gasteiger partial charge is 0.369 e. The van der Waals surface area contributed by atoms with Crippen molar-refractivity contribution in [2.24, 2.45) is 7.05 Å². The number of rotatable bonds is 4. The lowest BCUT2D eigenvalue weighted by Crippen LogP contribution is -2.49. The van der Waals surface area contributed by atoms with Gasteiger partial charge in [0.25, 0.3) is 10.0 Å². The number of sulfonamides is 1. The molecule has 0 radical (unpaired) electrons. The average molecular weight is 401 g/mol. The number of hydrogen-bond donors (Lipinski definition) is 0. The maximum absolute atomic E-state index is 12.8. The molecule has 3 heterocycles. The average Bonchev–Trinajstić information content (AvgIpc) is 3.14. The van der Waals surface area contributed by atoms with Crippen LogP contribution in [0.1, 0.15) is 0 Å². The molecule has 0 spiro atoms. The molecule has 10 heteroatoms. The van der Waals surface area contributed by atoms with Gasteiger partial charge in [-0.3, -0.25) is 0 Å². The fraction of sp³-hybridized carbons (Fsp3) is 0.389. The number of aromatic nitrogens is 4. The Hall–Kier alpha value is -2.72. The van der Waals surface area contributed by atoms with Crippen molar-refractivity contribution in [1.82, 2.24) is 23.8 Å². The summed E-state index contributed by atoms with van der Waals surface area (Å²) in [5.41, 5.74) is 1.93. The highest BCUT2D eigenvalue weighted by molar-refractivity contribution is 7.89. The molecule has 0 N–H and O–H groups in total. The highest BCUT2D eigenvalue weighted by atomic mass is 32.2. The van der Waals surface area contributed by atoms with Crippen LogP contribution in [0.15, 0.2) is 42.1 Å². The summed E-state index contributed by atoms with van der Waals surface area (Å²) >= 11 is 0. The van der Waals surface area contributed by atoms with Crippen LogP contribution in [0.3, 0.4) is 0 Å². The summed E-state index contributed by atoms with van der Waals surface area (Å²) in [4.78, 5) is 16.9. The Bertz CT molecular complexity index is 1100. The predicted molar refractivity (Wildman–Crippen MR) is 108 cm³/mol. The predicted octanol–water partition coefficient (Wildman–Crippen LogP) is 0.940. The molecule has 148 valence electrons. The van der Waals surface area contributed by atoms with E-state index < -0.39 is 10.0 Å². The molecule has 0 aliphatic carbocycles. The van der Waals surface area contributed by atoms with Crippen LogP contribution in [-0.4, -0.2) is 72.5 Å². The van der Waals surface area contributed by atoms with Gasteiger partial charge >= 0.3 is 0 Å². The lowest BCUT2D eigenvalue weighted by Gasteiger charge is -2.35. The Labute approximate surface area is 164 Å². The fourth-order valence-corrected chi connectivity index (χ4v) is 4.98. The third kappa shape index (κ3) is 3.18. The summed E-state index contributed by atoms with van der Waals surface area (Å²) < 4.78 is 28.7. The van der Waals surface area contributed by atoms with Crippen LogP contribution in [-0.2, 0) is 17.1 Å². The summed E-state index contributed by atoms with van der Waals surface area (Å²) in [5.74, 6) is 0.864. The molecule has 0 saturated carbocycles. The first kappa shape index (κ1) is 18.6. The van der Waals surface area contributed by atoms with Gasteiger partial charge in [0, 0.05) is 70.8 Å². The molecular formula is C18H23N7O2S. The van der Waals surface area contributed by atoms with Crippen molar-refractivity contribution in [3.05, 3.63) is 36.9 Å². The number of nitrogens with zero attached hydrogens (tertiary/aromatic N) is 7. The van der Waals surface area contributed by atoms with E-state index in [0.717, 1.165) is 22.4 Å². The van der Waals surface area contributed by atoms with Gasteiger partial charge in [0.2, 0.25) is 5.16 Å². The SMILES string of the molecule is CN(C)c1ncnc2ccc(N3CCN(S(=O)(=O)c4nccn4C)CC3)cc12. The molecule has 0 bridgehead atoms. The molecule has 0 unspecified atom stereocenters. The minimum atomic E-state index is -3.58. The van der Waals surface area contributed by atoms with E-state index in [4.69, 9.17) is 0 Å². The number of benzene rings is 1. The minimum absolute atomic E-state index is 0.0828. The molecule has 1 aliphatic heterocycles. The first-order chi connectivity index (χ1) is 13.4. The van der Waals surface area contributed by atoms with Crippen LogP contribution in [0.4, 0.5) is 11.5 Å². The van der Waals surface area contributed by atoms with E-state index >= 15 is 0 Å². The standard InChI is InChI=1S/C18H23N7O2S/c1-22(2)17-15-12-14(4-5-16(15)20-13-21-17)24-8-10-25(11-9-24)28(26,27)18-19-6-7-23(18)3/h4-7,12-13H,8-11H2,1-3H3. The molecule has 1 fully saturated rings. The van der Waals surface area contributed by atoms with Gasteiger partial charge in [0.15, 0.2) is 0 Å². The monoisotopic (exact) mass is 401 g/mol. The van der Waals surface area contributed by atoms with Crippen LogP contribution < -0.4 is 9.80 Å². The van der Waals surface area contributed by atoms with Crippen LogP contribution >= 0.6 is 0 Å². The van der Waals surface area contributed by atoms with E-state index in [-0.39, 0.29) is 5.16 Å². The second-order valence-corrected chi connectivity index (χ2v) is 8.84. The second-order valence-electron chi connectivity index (χ2n) is 7.01. The van der Waals surface area contributed by atoms with Gasteiger partial charge in [0.1, 0.15) is 12.1 Å². The van der Waals surface area contributed by atoms with Gasteiger partial charge < -0.3 is 14.4 Å². The van der Waals surface area contributed by atoms with Gasteiger partial charge in [-0.2, -0.15) is 4.31 Å². The highest BCUT2D eigenvalue weighted by Gasteiger charge is 2.31. The molecule has 2 aromatic heterocycles. The van der Waals surface area contributed by atoms with Crippen molar-refractivity contribution in [2.75, 3.05) is 50.1 Å². The molecule has 9 nitrogen and oxygen atoms in total. The number of fused-ring (bicyclic) bond motifs is 1. The lowest BCUT2D eigenvalue weighted by atomic mass is 10.1. The van der Waals surface area contributed by atoms with Crippen molar-refractivity contribution in [2.45, 2.75) is 5.16 Å². The van der Waals surface area contributed by atoms with Gasteiger partial charge in [-0.15, -0.1) is 0 Å². The molecule has 0 amide bonds. The van der Waals surface area contributed by atoms with E-state index in [9.17, 15) is 8.42 Å². The van der Waals surface area contributed by atoms with Crippen molar-refractivity contribution < 1.29 is 8.42 Å². The second kappa shape index (κ2) is 7.02. The highest BCUT2D eigenvalue weighted by Crippen LogP contribution is 2.27. The molecule has 1 aromatic carbocycles. The normalized spacial score (nSPS) is 15.9. The molecule has 1 saturated heterocycles. The van der Waals surface area contributed by atoms with Crippen LogP contribution in [0, 0.1) is 0 Å². The number of hydrogen-bond acceptors (Lipinski definition) is 7. The van der Waals surface area contributed by atoms with Crippen LogP contribution in [0.25, 0.3) is 10.9 Å². The van der Waals surface area contributed by atoms with E-state index in [2.05, 4.69) is 25.9 Å². The number of aryl methyl sites for hydroxylation is 1. The third-order valence-corrected chi connectivity index (χ3v) is 6.87.